The maximum Gasteiger partial charge on any atom is 0.276 e. The number of hydrogen-bond donors (Lipinski definition) is 1. The van der Waals surface area contributed by atoms with Gasteiger partial charge in [-0.1, -0.05) is 55.2 Å². The summed E-state index contributed by atoms with van der Waals surface area (Å²) < 4.78 is 11.5. The number of carbonyl (C=O) groups is 1. The number of nitrogens with one attached hydrogen (secondary N) is 1. The third kappa shape index (κ3) is 5.06. The number of hydrogen-bond acceptors (Lipinski definition) is 4. The number of nitrogens with zero attached hydrogens (tertiary/aromatic N) is 1. The quantitative estimate of drug-likeness (QED) is 0.445. The SMILES string of the molecule is COc1cccc(/C=C2/NC(=S)N(CC(C)C)C2=O)c1OCc1ccc(Cl)c(Cl)c1. The van der Waals surface area contributed by atoms with Crippen molar-refractivity contribution in [3.63, 3.8) is 0 Å². The number of halogens is 2. The number of amides is 1. The van der Waals surface area contributed by atoms with Gasteiger partial charge in [0.05, 0.1) is 17.2 Å². The molecule has 0 aliphatic carbocycles. The van der Waals surface area contributed by atoms with Crippen molar-refractivity contribution in [2.45, 2.75) is 20.5 Å². The van der Waals surface area contributed by atoms with E-state index >= 15 is 0 Å². The molecule has 0 radical (unpaired) electrons. The molecule has 1 N–H and O–H groups in total. The number of benzene rings is 2. The molecule has 0 unspecified atom stereocenters. The van der Waals surface area contributed by atoms with Crippen molar-refractivity contribution in [1.82, 2.24) is 10.2 Å². The summed E-state index contributed by atoms with van der Waals surface area (Å²) in [5.41, 5.74) is 1.95. The molecule has 1 heterocycles. The van der Waals surface area contributed by atoms with Crippen LogP contribution in [0.5, 0.6) is 11.5 Å². The molecule has 2 aromatic rings. The highest BCUT2D eigenvalue weighted by atomic mass is 35.5. The normalized spacial score (nSPS) is 15.1. The minimum Gasteiger partial charge on any atom is -0.493 e. The number of carbonyl (C=O) groups excluding carboxylic acids is 1. The molecule has 1 saturated heterocycles. The molecule has 1 aliphatic heterocycles. The van der Waals surface area contributed by atoms with Crippen LogP contribution in [0, 0.1) is 5.92 Å². The predicted octanol–water partition coefficient (Wildman–Crippen LogP) is 5.29. The van der Waals surface area contributed by atoms with Crippen molar-refractivity contribution in [1.29, 1.82) is 0 Å². The van der Waals surface area contributed by atoms with E-state index in [1.165, 1.54) is 0 Å². The zero-order valence-corrected chi connectivity index (χ0v) is 19.2. The second-order valence-corrected chi connectivity index (χ2v) is 8.41. The van der Waals surface area contributed by atoms with E-state index in [-0.39, 0.29) is 12.5 Å². The fourth-order valence-corrected chi connectivity index (χ4v) is 3.59. The molecule has 0 saturated carbocycles. The molecule has 1 aliphatic rings. The Morgan fingerprint density at radius 2 is 1.97 bits per heavy atom. The molecule has 1 fully saturated rings. The Morgan fingerprint density at radius 1 is 1.20 bits per heavy atom. The lowest BCUT2D eigenvalue weighted by Crippen LogP contribution is -2.33. The maximum atomic E-state index is 12.8. The lowest BCUT2D eigenvalue weighted by molar-refractivity contribution is -0.122. The van der Waals surface area contributed by atoms with E-state index in [9.17, 15) is 4.79 Å². The van der Waals surface area contributed by atoms with Gasteiger partial charge in [0, 0.05) is 12.1 Å². The first-order valence-corrected chi connectivity index (χ1v) is 10.5. The molecular formula is C22H22Cl2N2O3S. The molecule has 0 atom stereocenters. The summed E-state index contributed by atoms with van der Waals surface area (Å²) in [4.78, 5) is 14.4. The average Bonchev–Trinajstić information content (AvgIpc) is 2.96. The molecule has 2 aromatic carbocycles. The first-order valence-electron chi connectivity index (χ1n) is 9.38. The topological polar surface area (TPSA) is 50.8 Å². The molecule has 1 amide bonds. The molecule has 30 heavy (non-hydrogen) atoms. The lowest BCUT2D eigenvalue weighted by Gasteiger charge is -2.16. The zero-order chi connectivity index (χ0) is 21.8. The van der Waals surface area contributed by atoms with Gasteiger partial charge in [-0.15, -0.1) is 0 Å². The molecule has 0 bridgehead atoms. The minimum absolute atomic E-state index is 0.160. The van der Waals surface area contributed by atoms with Crippen LogP contribution in [-0.2, 0) is 11.4 Å². The minimum atomic E-state index is -0.160. The second-order valence-electron chi connectivity index (χ2n) is 7.21. The Morgan fingerprint density at radius 3 is 2.63 bits per heavy atom. The van der Waals surface area contributed by atoms with Crippen LogP contribution in [0.4, 0.5) is 0 Å². The second kappa shape index (κ2) is 9.69. The van der Waals surface area contributed by atoms with Gasteiger partial charge in [-0.3, -0.25) is 9.69 Å². The van der Waals surface area contributed by atoms with Crippen LogP contribution in [0.1, 0.15) is 25.0 Å². The van der Waals surface area contributed by atoms with Gasteiger partial charge in [0.25, 0.3) is 5.91 Å². The maximum absolute atomic E-state index is 12.8. The van der Waals surface area contributed by atoms with Crippen molar-refractivity contribution >= 4 is 52.5 Å². The summed E-state index contributed by atoms with van der Waals surface area (Å²) in [7, 11) is 1.57. The largest absolute Gasteiger partial charge is 0.493 e. The third-order valence-corrected chi connectivity index (χ3v) is 5.47. The summed E-state index contributed by atoms with van der Waals surface area (Å²) in [6.07, 6.45) is 1.72. The van der Waals surface area contributed by atoms with Crippen LogP contribution in [0.2, 0.25) is 10.0 Å². The Bertz CT molecular complexity index is 1010. The highest BCUT2D eigenvalue weighted by molar-refractivity contribution is 7.80. The first-order chi connectivity index (χ1) is 14.3. The Labute approximate surface area is 191 Å². The van der Waals surface area contributed by atoms with Crippen molar-refractivity contribution in [2.75, 3.05) is 13.7 Å². The Hall–Kier alpha value is -2.28. The average molecular weight is 465 g/mol. The fraction of sp³-hybridized carbons (Fsp3) is 0.273. The van der Waals surface area contributed by atoms with Crippen molar-refractivity contribution in [2.24, 2.45) is 5.92 Å². The van der Waals surface area contributed by atoms with Gasteiger partial charge in [0.2, 0.25) is 0 Å². The first kappa shape index (κ1) is 22.4. The van der Waals surface area contributed by atoms with Crippen LogP contribution in [0.3, 0.4) is 0 Å². The van der Waals surface area contributed by atoms with Crippen molar-refractivity contribution in [3.8, 4) is 11.5 Å². The van der Waals surface area contributed by atoms with E-state index in [0.717, 1.165) is 5.56 Å². The molecular weight excluding hydrogens is 443 g/mol. The zero-order valence-electron chi connectivity index (χ0n) is 16.9. The van der Waals surface area contributed by atoms with E-state index < -0.39 is 0 Å². The van der Waals surface area contributed by atoms with Crippen molar-refractivity contribution < 1.29 is 14.3 Å². The number of methoxy groups -OCH3 is 1. The summed E-state index contributed by atoms with van der Waals surface area (Å²) in [6.45, 7) is 4.89. The van der Waals surface area contributed by atoms with Gasteiger partial charge in [0.1, 0.15) is 12.3 Å². The monoisotopic (exact) mass is 464 g/mol. The van der Waals surface area contributed by atoms with Gasteiger partial charge >= 0.3 is 0 Å². The summed E-state index contributed by atoms with van der Waals surface area (Å²) in [5.74, 6) is 1.21. The fourth-order valence-electron chi connectivity index (χ4n) is 3.00. The van der Waals surface area contributed by atoms with E-state index in [4.69, 9.17) is 44.9 Å². The van der Waals surface area contributed by atoms with Crippen LogP contribution >= 0.6 is 35.4 Å². The van der Waals surface area contributed by atoms with Crippen LogP contribution in [-0.4, -0.2) is 29.6 Å². The molecule has 8 heteroatoms. The van der Waals surface area contributed by atoms with E-state index in [0.29, 0.717) is 50.4 Å². The summed E-state index contributed by atoms with van der Waals surface area (Å²) >= 11 is 17.4. The van der Waals surface area contributed by atoms with Gasteiger partial charge in [-0.05, 0) is 48.0 Å². The smallest absolute Gasteiger partial charge is 0.276 e. The highest BCUT2D eigenvalue weighted by Crippen LogP contribution is 2.34. The molecule has 3 rings (SSSR count). The van der Waals surface area contributed by atoms with Crippen LogP contribution in [0.15, 0.2) is 42.1 Å². The number of thiocarbonyl (C=S) groups is 1. The molecule has 158 valence electrons. The van der Waals surface area contributed by atoms with E-state index in [1.54, 1.807) is 36.3 Å². The number of para-hydroxylation sites is 1. The van der Waals surface area contributed by atoms with E-state index in [2.05, 4.69) is 5.32 Å². The van der Waals surface area contributed by atoms with Gasteiger partial charge < -0.3 is 14.8 Å². The molecule has 5 nitrogen and oxygen atoms in total. The lowest BCUT2D eigenvalue weighted by atomic mass is 10.1. The van der Waals surface area contributed by atoms with Gasteiger partial charge in [-0.25, -0.2) is 0 Å². The summed E-state index contributed by atoms with van der Waals surface area (Å²) in [6, 6.07) is 10.8. The molecule has 0 aromatic heterocycles. The summed E-state index contributed by atoms with van der Waals surface area (Å²) in [5, 5.41) is 4.34. The van der Waals surface area contributed by atoms with Gasteiger partial charge in [-0.2, -0.15) is 0 Å². The highest BCUT2D eigenvalue weighted by Gasteiger charge is 2.31. The Balaban J connectivity index is 1.88. The standard InChI is InChI=1S/C22H22Cl2N2O3S/c1-13(2)11-26-21(27)18(25-22(26)30)10-15-5-4-6-19(28-3)20(15)29-12-14-7-8-16(23)17(24)9-14/h4-10,13H,11-12H2,1-3H3,(H,25,30)/b18-10+. The van der Waals surface area contributed by atoms with E-state index in [1.807, 2.05) is 32.0 Å². The van der Waals surface area contributed by atoms with Crippen molar-refractivity contribution in [3.05, 3.63) is 63.3 Å². The van der Waals surface area contributed by atoms with Gasteiger partial charge in [0.15, 0.2) is 16.6 Å². The third-order valence-electron chi connectivity index (χ3n) is 4.41. The number of ether oxygens (including phenoxy) is 2. The predicted molar refractivity (Wildman–Crippen MR) is 124 cm³/mol. The Kier molecular flexibility index (Phi) is 7.23. The van der Waals surface area contributed by atoms with Crippen LogP contribution in [0.25, 0.3) is 6.08 Å². The number of rotatable bonds is 7. The van der Waals surface area contributed by atoms with Crippen LogP contribution < -0.4 is 14.8 Å². The molecule has 0 spiro atoms.